The Morgan fingerprint density at radius 3 is 2.48 bits per heavy atom. The molecule has 0 radical (unpaired) electrons. The van der Waals surface area contributed by atoms with E-state index in [2.05, 4.69) is 42.1 Å². The monoisotopic (exact) mass is 314 g/mol. The van der Waals surface area contributed by atoms with Gasteiger partial charge in [-0.3, -0.25) is 9.59 Å². The predicted octanol–water partition coefficient (Wildman–Crippen LogP) is 3.50. The van der Waals surface area contributed by atoms with Gasteiger partial charge in [-0.2, -0.15) is 0 Å². The van der Waals surface area contributed by atoms with Crippen molar-refractivity contribution in [1.29, 1.82) is 0 Å². The maximum Gasteiger partial charge on any atom is 0.287 e. The van der Waals surface area contributed by atoms with Gasteiger partial charge in [0.1, 0.15) is 0 Å². The van der Waals surface area contributed by atoms with Crippen molar-refractivity contribution in [1.82, 2.24) is 9.88 Å². The van der Waals surface area contributed by atoms with Gasteiger partial charge >= 0.3 is 0 Å². The number of nitrogens with one attached hydrogen (secondary N) is 1. The number of carbonyl (C=O) groups is 2. The summed E-state index contributed by atoms with van der Waals surface area (Å²) < 4.78 is 2.25. The first kappa shape index (κ1) is 17.3. The molecule has 4 heteroatoms. The fourth-order valence-corrected chi connectivity index (χ4v) is 2.78. The zero-order valence-corrected chi connectivity index (χ0v) is 14.4. The highest BCUT2D eigenvalue weighted by atomic mass is 16.2. The number of fused-ring (bicyclic) bond motifs is 1. The molecule has 2 aromatic rings. The smallest absolute Gasteiger partial charge is 0.287 e. The van der Waals surface area contributed by atoms with E-state index >= 15 is 0 Å². The van der Waals surface area contributed by atoms with Crippen LogP contribution >= 0.6 is 0 Å². The Hall–Kier alpha value is -2.10. The number of hydrogen-bond donors (Lipinski definition) is 1. The molecule has 0 saturated carbocycles. The molecule has 1 N–H and O–H groups in total. The Bertz CT molecular complexity index is 698. The summed E-state index contributed by atoms with van der Waals surface area (Å²) in [6, 6.07) is 8.67. The summed E-state index contributed by atoms with van der Waals surface area (Å²) >= 11 is 0. The van der Waals surface area contributed by atoms with Gasteiger partial charge in [0.2, 0.25) is 5.78 Å². The zero-order chi connectivity index (χ0) is 17.0. The molecular weight excluding hydrogens is 288 g/mol. The average Bonchev–Trinajstić information content (AvgIpc) is 2.86. The third-order valence-corrected chi connectivity index (χ3v) is 3.91. The Morgan fingerprint density at radius 1 is 1.13 bits per heavy atom. The SMILES string of the molecule is CC(C)CC(=O)C(=O)NCCc1cn(C(C)C)c2ccccc12. The molecule has 124 valence electrons. The van der Waals surface area contributed by atoms with Crippen LogP contribution in [0.5, 0.6) is 0 Å². The van der Waals surface area contributed by atoms with Gasteiger partial charge in [0.05, 0.1) is 0 Å². The van der Waals surface area contributed by atoms with Crippen LogP contribution in [0.3, 0.4) is 0 Å². The van der Waals surface area contributed by atoms with Crippen LogP contribution < -0.4 is 5.32 Å². The lowest BCUT2D eigenvalue weighted by atomic mass is 10.1. The summed E-state index contributed by atoms with van der Waals surface area (Å²) in [6.07, 6.45) is 3.18. The Kier molecular flexibility index (Phi) is 5.59. The number of carbonyl (C=O) groups excluding carboxylic acids is 2. The molecule has 0 aliphatic heterocycles. The van der Waals surface area contributed by atoms with E-state index in [0.717, 1.165) is 6.42 Å². The highest BCUT2D eigenvalue weighted by molar-refractivity contribution is 6.36. The van der Waals surface area contributed by atoms with E-state index in [1.807, 2.05) is 26.0 Å². The lowest BCUT2D eigenvalue weighted by molar-refractivity contribution is -0.138. The Morgan fingerprint density at radius 2 is 1.83 bits per heavy atom. The molecule has 1 heterocycles. The van der Waals surface area contributed by atoms with Crippen molar-refractivity contribution in [3.05, 3.63) is 36.0 Å². The van der Waals surface area contributed by atoms with Crippen LogP contribution in [-0.4, -0.2) is 22.8 Å². The van der Waals surface area contributed by atoms with Crippen LogP contribution in [0.4, 0.5) is 0 Å². The van der Waals surface area contributed by atoms with Crippen molar-refractivity contribution in [2.45, 2.75) is 46.6 Å². The van der Waals surface area contributed by atoms with Crippen molar-refractivity contribution >= 4 is 22.6 Å². The van der Waals surface area contributed by atoms with Crippen molar-refractivity contribution in [2.75, 3.05) is 6.54 Å². The van der Waals surface area contributed by atoms with Gasteiger partial charge in [0, 0.05) is 36.1 Å². The summed E-state index contributed by atoms with van der Waals surface area (Å²) in [7, 11) is 0. The van der Waals surface area contributed by atoms with Crippen LogP contribution in [-0.2, 0) is 16.0 Å². The summed E-state index contributed by atoms with van der Waals surface area (Å²) in [5, 5.41) is 3.95. The summed E-state index contributed by atoms with van der Waals surface area (Å²) in [5.41, 5.74) is 2.41. The van der Waals surface area contributed by atoms with Crippen molar-refractivity contribution in [2.24, 2.45) is 5.92 Å². The summed E-state index contributed by atoms with van der Waals surface area (Å²) in [4.78, 5) is 23.5. The maximum absolute atomic E-state index is 11.8. The van der Waals surface area contributed by atoms with E-state index in [1.165, 1.54) is 16.5 Å². The molecule has 1 amide bonds. The van der Waals surface area contributed by atoms with Crippen LogP contribution in [0.25, 0.3) is 10.9 Å². The number of Topliss-reactive ketones (excluding diaryl/α,β-unsaturated/α-hetero) is 1. The third kappa shape index (κ3) is 4.21. The van der Waals surface area contributed by atoms with Gasteiger partial charge in [-0.25, -0.2) is 0 Å². The highest BCUT2D eigenvalue weighted by Gasteiger charge is 2.15. The molecule has 1 aromatic heterocycles. The van der Waals surface area contributed by atoms with E-state index in [0.29, 0.717) is 19.0 Å². The molecule has 2 rings (SSSR count). The molecule has 0 aliphatic carbocycles. The zero-order valence-electron chi connectivity index (χ0n) is 14.4. The summed E-state index contributed by atoms with van der Waals surface area (Å²) in [6.45, 7) is 8.66. The molecule has 1 aromatic carbocycles. The quantitative estimate of drug-likeness (QED) is 0.795. The number of nitrogens with zero attached hydrogens (tertiary/aromatic N) is 1. The highest BCUT2D eigenvalue weighted by Crippen LogP contribution is 2.24. The van der Waals surface area contributed by atoms with Crippen LogP contribution in [0.15, 0.2) is 30.5 Å². The lowest BCUT2D eigenvalue weighted by Crippen LogP contribution is -2.33. The van der Waals surface area contributed by atoms with Crippen LogP contribution in [0.1, 0.15) is 45.7 Å². The minimum atomic E-state index is -0.466. The first-order valence-electron chi connectivity index (χ1n) is 8.29. The molecule has 0 fully saturated rings. The van der Waals surface area contributed by atoms with Crippen LogP contribution in [0, 0.1) is 5.92 Å². The molecule has 0 spiro atoms. The molecule has 4 nitrogen and oxygen atoms in total. The van der Waals surface area contributed by atoms with Gasteiger partial charge in [-0.1, -0.05) is 32.0 Å². The minimum Gasteiger partial charge on any atom is -0.349 e. The van der Waals surface area contributed by atoms with E-state index in [9.17, 15) is 9.59 Å². The standard InChI is InChI=1S/C19H26N2O2/c1-13(2)11-18(22)19(23)20-10-9-15-12-21(14(3)4)17-8-6-5-7-16(15)17/h5-8,12-14H,9-11H2,1-4H3,(H,20,23). The average molecular weight is 314 g/mol. The van der Waals surface area contributed by atoms with Gasteiger partial charge in [0.15, 0.2) is 0 Å². The lowest BCUT2D eigenvalue weighted by Gasteiger charge is -2.08. The maximum atomic E-state index is 11.8. The fraction of sp³-hybridized carbons (Fsp3) is 0.474. The molecule has 0 bridgehead atoms. The van der Waals surface area contributed by atoms with E-state index in [4.69, 9.17) is 0 Å². The first-order valence-corrected chi connectivity index (χ1v) is 8.29. The van der Waals surface area contributed by atoms with Gasteiger partial charge in [-0.05, 0) is 37.8 Å². The number of hydrogen-bond acceptors (Lipinski definition) is 2. The third-order valence-electron chi connectivity index (χ3n) is 3.91. The summed E-state index contributed by atoms with van der Waals surface area (Å²) in [5.74, 6) is -0.590. The number of rotatable bonds is 7. The topological polar surface area (TPSA) is 51.1 Å². The predicted molar refractivity (Wildman–Crippen MR) is 93.5 cm³/mol. The number of amides is 1. The molecule has 23 heavy (non-hydrogen) atoms. The largest absolute Gasteiger partial charge is 0.349 e. The van der Waals surface area contributed by atoms with Crippen LogP contribution in [0.2, 0.25) is 0 Å². The number of benzene rings is 1. The fourth-order valence-electron chi connectivity index (χ4n) is 2.78. The van der Waals surface area contributed by atoms with Crippen molar-refractivity contribution in [3.63, 3.8) is 0 Å². The van der Waals surface area contributed by atoms with Crippen molar-refractivity contribution < 1.29 is 9.59 Å². The Labute approximate surface area is 137 Å². The second kappa shape index (κ2) is 7.44. The van der Waals surface area contributed by atoms with Gasteiger partial charge < -0.3 is 9.88 Å². The molecule has 0 saturated heterocycles. The second-order valence-corrected chi connectivity index (χ2v) is 6.70. The number of aromatic nitrogens is 1. The van der Waals surface area contributed by atoms with E-state index in [-0.39, 0.29) is 11.7 Å². The first-order chi connectivity index (χ1) is 10.9. The second-order valence-electron chi connectivity index (χ2n) is 6.70. The number of ketones is 1. The van der Waals surface area contributed by atoms with Crippen molar-refractivity contribution in [3.8, 4) is 0 Å². The van der Waals surface area contributed by atoms with E-state index < -0.39 is 5.91 Å². The molecule has 0 atom stereocenters. The molecule has 0 unspecified atom stereocenters. The van der Waals surface area contributed by atoms with Gasteiger partial charge in [0.25, 0.3) is 5.91 Å². The minimum absolute atomic E-state index is 0.206. The normalized spacial score (nSPS) is 11.4. The Balaban J connectivity index is 2.03. The number of para-hydroxylation sites is 1. The van der Waals surface area contributed by atoms with Gasteiger partial charge in [-0.15, -0.1) is 0 Å². The molecular formula is C19H26N2O2. The van der Waals surface area contributed by atoms with E-state index in [1.54, 1.807) is 0 Å². The molecule has 0 aliphatic rings.